The summed E-state index contributed by atoms with van der Waals surface area (Å²) < 4.78 is 27.3. The predicted octanol–water partition coefficient (Wildman–Crippen LogP) is 1.68. The molecule has 1 saturated heterocycles. The maximum atomic E-state index is 12.8. The average Bonchev–Trinajstić information content (AvgIpc) is 2.48. The molecule has 5 nitrogen and oxygen atoms in total. The predicted molar refractivity (Wildman–Crippen MR) is 90.9 cm³/mol. The van der Waals surface area contributed by atoms with Gasteiger partial charge in [0.2, 0.25) is 10.0 Å². The van der Waals surface area contributed by atoms with Gasteiger partial charge >= 0.3 is 0 Å². The largest absolute Gasteiger partial charge is 0.377 e. The molecule has 0 aromatic heterocycles. The monoisotopic (exact) mass is 325 g/mol. The molecule has 0 bridgehead atoms. The SMILES string of the molecule is CNCC1CCN(S(=O)(=O)c2ccc(C)c(N(C)C)c2)CC1. The van der Waals surface area contributed by atoms with Gasteiger partial charge in [-0.3, -0.25) is 0 Å². The van der Waals surface area contributed by atoms with E-state index in [1.54, 1.807) is 16.4 Å². The minimum absolute atomic E-state index is 0.397. The topological polar surface area (TPSA) is 52.7 Å². The molecular formula is C16H27N3O2S. The van der Waals surface area contributed by atoms with Gasteiger partial charge in [0.15, 0.2) is 0 Å². The van der Waals surface area contributed by atoms with Gasteiger partial charge < -0.3 is 10.2 Å². The lowest BCUT2D eigenvalue weighted by Gasteiger charge is -2.31. The van der Waals surface area contributed by atoms with Gasteiger partial charge in [-0.05, 0) is 57.0 Å². The number of hydrogen-bond donors (Lipinski definition) is 1. The molecule has 1 aromatic rings. The van der Waals surface area contributed by atoms with E-state index in [-0.39, 0.29) is 0 Å². The van der Waals surface area contributed by atoms with Crippen molar-refractivity contribution in [3.63, 3.8) is 0 Å². The highest BCUT2D eigenvalue weighted by Gasteiger charge is 2.29. The van der Waals surface area contributed by atoms with Crippen molar-refractivity contribution in [1.29, 1.82) is 0 Å². The third kappa shape index (κ3) is 3.62. The molecule has 1 aliphatic heterocycles. The van der Waals surface area contributed by atoms with Crippen LogP contribution in [-0.2, 0) is 10.0 Å². The Morgan fingerprint density at radius 3 is 2.45 bits per heavy atom. The zero-order valence-electron chi connectivity index (χ0n) is 14.0. The van der Waals surface area contributed by atoms with Gasteiger partial charge in [0.25, 0.3) is 0 Å². The number of anilines is 1. The van der Waals surface area contributed by atoms with Crippen molar-refractivity contribution < 1.29 is 8.42 Å². The van der Waals surface area contributed by atoms with E-state index in [1.165, 1.54) is 0 Å². The summed E-state index contributed by atoms with van der Waals surface area (Å²) in [5, 5.41) is 3.18. The van der Waals surface area contributed by atoms with Crippen LogP contribution in [0, 0.1) is 12.8 Å². The van der Waals surface area contributed by atoms with Crippen molar-refractivity contribution in [2.24, 2.45) is 5.92 Å². The number of aryl methyl sites for hydroxylation is 1. The van der Waals surface area contributed by atoms with Gasteiger partial charge in [-0.1, -0.05) is 6.07 Å². The fourth-order valence-electron chi connectivity index (χ4n) is 3.02. The number of sulfonamides is 1. The van der Waals surface area contributed by atoms with Crippen molar-refractivity contribution >= 4 is 15.7 Å². The van der Waals surface area contributed by atoms with Crippen LogP contribution in [0.5, 0.6) is 0 Å². The minimum atomic E-state index is -3.39. The Morgan fingerprint density at radius 1 is 1.27 bits per heavy atom. The van der Waals surface area contributed by atoms with E-state index in [2.05, 4.69) is 5.32 Å². The van der Waals surface area contributed by atoms with E-state index >= 15 is 0 Å². The highest BCUT2D eigenvalue weighted by atomic mass is 32.2. The molecule has 1 aliphatic rings. The van der Waals surface area contributed by atoms with Crippen LogP contribution in [-0.4, -0.2) is 53.5 Å². The number of rotatable bonds is 5. The molecule has 2 rings (SSSR count). The molecule has 0 radical (unpaired) electrons. The van der Waals surface area contributed by atoms with E-state index in [9.17, 15) is 8.42 Å². The van der Waals surface area contributed by atoms with Crippen LogP contribution in [0.15, 0.2) is 23.1 Å². The maximum Gasteiger partial charge on any atom is 0.243 e. The summed E-state index contributed by atoms with van der Waals surface area (Å²) in [6.45, 7) is 4.18. The van der Waals surface area contributed by atoms with Gasteiger partial charge in [-0.25, -0.2) is 8.42 Å². The average molecular weight is 325 g/mol. The molecule has 1 N–H and O–H groups in total. The fraction of sp³-hybridized carbons (Fsp3) is 0.625. The zero-order chi connectivity index (χ0) is 16.3. The summed E-state index contributed by atoms with van der Waals surface area (Å²) in [7, 11) is 2.42. The molecule has 0 saturated carbocycles. The van der Waals surface area contributed by atoms with Crippen LogP contribution in [0.3, 0.4) is 0 Å². The molecule has 1 fully saturated rings. The molecule has 124 valence electrons. The van der Waals surface area contributed by atoms with Crippen LogP contribution in [0.2, 0.25) is 0 Å². The first kappa shape index (κ1) is 17.2. The standard InChI is InChI=1S/C16H27N3O2S/c1-13-5-6-15(11-16(13)18(3)4)22(20,21)19-9-7-14(8-10-19)12-17-2/h5-6,11,14,17H,7-10,12H2,1-4H3. The Hall–Kier alpha value is -1.11. The van der Waals surface area contributed by atoms with Gasteiger partial charge in [0.1, 0.15) is 0 Å². The van der Waals surface area contributed by atoms with E-state index < -0.39 is 10.0 Å². The molecule has 6 heteroatoms. The quantitative estimate of drug-likeness (QED) is 0.895. The number of nitrogens with one attached hydrogen (secondary N) is 1. The van der Waals surface area contributed by atoms with E-state index in [1.807, 2.05) is 39.0 Å². The second kappa shape index (κ2) is 6.98. The third-order valence-corrected chi connectivity index (χ3v) is 6.26. The van der Waals surface area contributed by atoms with Crippen LogP contribution in [0.4, 0.5) is 5.69 Å². The summed E-state index contributed by atoms with van der Waals surface area (Å²) in [6, 6.07) is 5.39. The Morgan fingerprint density at radius 2 is 1.91 bits per heavy atom. The highest BCUT2D eigenvalue weighted by molar-refractivity contribution is 7.89. The second-order valence-electron chi connectivity index (χ2n) is 6.25. The molecule has 1 heterocycles. The smallest absolute Gasteiger partial charge is 0.243 e. The van der Waals surface area contributed by atoms with Crippen molar-refractivity contribution in [2.75, 3.05) is 45.7 Å². The normalized spacial score (nSPS) is 17.6. The number of benzene rings is 1. The first-order valence-corrected chi connectivity index (χ1v) is 9.23. The molecule has 0 aliphatic carbocycles. The lowest BCUT2D eigenvalue weighted by molar-refractivity contribution is 0.270. The van der Waals surface area contributed by atoms with E-state index in [0.717, 1.165) is 30.6 Å². The summed E-state index contributed by atoms with van der Waals surface area (Å²) in [6.07, 6.45) is 1.85. The van der Waals surface area contributed by atoms with Crippen molar-refractivity contribution in [3.05, 3.63) is 23.8 Å². The summed E-state index contributed by atoms with van der Waals surface area (Å²) in [4.78, 5) is 2.35. The fourth-order valence-corrected chi connectivity index (χ4v) is 4.51. The Bertz CT molecular complexity index is 606. The molecule has 0 spiro atoms. The minimum Gasteiger partial charge on any atom is -0.377 e. The van der Waals surface area contributed by atoms with Gasteiger partial charge in [0.05, 0.1) is 4.90 Å². The first-order chi connectivity index (χ1) is 10.4. The molecule has 0 amide bonds. The Kier molecular flexibility index (Phi) is 5.47. The van der Waals surface area contributed by atoms with Gasteiger partial charge in [-0.15, -0.1) is 0 Å². The van der Waals surface area contributed by atoms with Crippen LogP contribution < -0.4 is 10.2 Å². The summed E-state index contributed by atoms with van der Waals surface area (Å²) in [5.41, 5.74) is 2.03. The van der Waals surface area contributed by atoms with Crippen LogP contribution in [0.1, 0.15) is 18.4 Å². The van der Waals surface area contributed by atoms with Crippen LogP contribution in [0.25, 0.3) is 0 Å². The van der Waals surface area contributed by atoms with Crippen LogP contribution >= 0.6 is 0 Å². The van der Waals surface area contributed by atoms with Crippen molar-refractivity contribution in [2.45, 2.75) is 24.7 Å². The third-order valence-electron chi connectivity index (χ3n) is 4.37. The lowest BCUT2D eigenvalue weighted by atomic mass is 9.98. The second-order valence-corrected chi connectivity index (χ2v) is 8.19. The van der Waals surface area contributed by atoms with Gasteiger partial charge in [-0.2, -0.15) is 4.31 Å². The zero-order valence-corrected chi connectivity index (χ0v) is 14.8. The summed E-state index contributed by atoms with van der Waals surface area (Å²) >= 11 is 0. The molecule has 0 atom stereocenters. The number of nitrogens with zero attached hydrogens (tertiary/aromatic N) is 2. The first-order valence-electron chi connectivity index (χ1n) is 7.79. The van der Waals surface area contributed by atoms with Crippen molar-refractivity contribution in [1.82, 2.24) is 9.62 Å². The van der Waals surface area contributed by atoms with E-state index in [4.69, 9.17) is 0 Å². The highest BCUT2D eigenvalue weighted by Crippen LogP contribution is 2.27. The summed E-state index contributed by atoms with van der Waals surface area (Å²) in [5.74, 6) is 0.576. The molecule has 0 unspecified atom stereocenters. The van der Waals surface area contributed by atoms with E-state index in [0.29, 0.717) is 23.9 Å². The molecule has 1 aromatic carbocycles. The van der Waals surface area contributed by atoms with Gasteiger partial charge in [0, 0.05) is 32.9 Å². The Balaban J connectivity index is 2.19. The molecular weight excluding hydrogens is 298 g/mol. The lowest BCUT2D eigenvalue weighted by Crippen LogP contribution is -2.40. The van der Waals surface area contributed by atoms with Crippen molar-refractivity contribution in [3.8, 4) is 0 Å². The Labute approximate surface area is 134 Å². The number of piperidine rings is 1. The maximum absolute atomic E-state index is 12.8. The number of hydrogen-bond acceptors (Lipinski definition) is 4. The molecule has 22 heavy (non-hydrogen) atoms.